The molecule has 0 saturated carbocycles. The van der Waals surface area contributed by atoms with E-state index >= 15 is 0 Å². The molecule has 1 atom stereocenters. The summed E-state index contributed by atoms with van der Waals surface area (Å²) in [6, 6.07) is 0. The van der Waals surface area contributed by atoms with Crippen LogP contribution in [0.4, 0.5) is 0 Å². The molecule has 0 spiro atoms. The van der Waals surface area contributed by atoms with Crippen molar-refractivity contribution >= 4 is 0 Å². The maximum absolute atomic E-state index is 5.67. The molecule has 0 amide bonds. The van der Waals surface area contributed by atoms with E-state index in [1.807, 2.05) is 17.1 Å². The first-order valence-corrected chi connectivity index (χ1v) is 5.29. The number of nitrogens with two attached hydrogens (primary N) is 1. The summed E-state index contributed by atoms with van der Waals surface area (Å²) in [4.78, 5) is 6.47. The highest BCUT2D eigenvalue weighted by atomic mass is 16.5. The largest absolute Gasteiger partial charge is 0.374 e. The molecular formula is C10H18N4O. The zero-order chi connectivity index (χ0) is 10.7. The number of nitrogens with zero attached hydrogens (tertiary/aromatic N) is 3. The third kappa shape index (κ3) is 2.77. The van der Waals surface area contributed by atoms with Crippen molar-refractivity contribution < 1.29 is 4.74 Å². The van der Waals surface area contributed by atoms with Gasteiger partial charge in [0.15, 0.2) is 0 Å². The third-order valence-corrected chi connectivity index (χ3v) is 2.65. The summed E-state index contributed by atoms with van der Waals surface area (Å²) in [5.74, 6) is 0. The Morgan fingerprint density at radius 1 is 1.67 bits per heavy atom. The van der Waals surface area contributed by atoms with Crippen LogP contribution in [0.3, 0.4) is 0 Å². The summed E-state index contributed by atoms with van der Waals surface area (Å²) in [7, 11) is 2.12. The molecule has 1 unspecified atom stereocenters. The maximum Gasteiger partial charge on any atom is 0.0950 e. The van der Waals surface area contributed by atoms with E-state index in [-0.39, 0.29) is 6.10 Å². The van der Waals surface area contributed by atoms with Gasteiger partial charge in [0, 0.05) is 25.8 Å². The van der Waals surface area contributed by atoms with Gasteiger partial charge < -0.3 is 19.9 Å². The molecule has 5 heteroatoms. The molecule has 84 valence electrons. The zero-order valence-electron chi connectivity index (χ0n) is 9.09. The van der Waals surface area contributed by atoms with Gasteiger partial charge in [0.05, 0.1) is 31.3 Å². The lowest BCUT2D eigenvalue weighted by Gasteiger charge is -2.30. The average molecular weight is 210 g/mol. The van der Waals surface area contributed by atoms with Gasteiger partial charge in [-0.15, -0.1) is 0 Å². The Morgan fingerprint density at radius 3 is 3.20 bits per heavy atom. The lowest BCUT2D eigenvalue weighted by Crippen LogP contribution is -2.41. The highest BCUT2D eigenvalue weighted by Gasteiger charge is 2.17. The molecule has 0 bridgehead atoms. The summed E-state index contributed by atoms with van der Waals surface area (Å²) >= 11 is 0. The second-order valence-electron chi connectivity index (χ2n) is 4.02. The second kappa shape index (κ2) is 4.74. The van der Waals surface area contributed by atoms with E-state index < -0.39 is 0 Å². The van der Waals surface area contributed by atoms with Crippen LogP contribution in [0.15, 0.2) is 12.5 Å². The normalized spacial score (nSPS) is 23.2. The fourth-order valence-electron chi connectivity index (χ4n) is 1.82. The predicted molar refractivity (Wildman–Crippen MR) is 57.4 cm³/mol. The highest BCUT2D eigenvalue weighted by molar-refractivity contribution is 4.95. The molecule has 2 N–H and O–H groups in total. The van der Waals surface area contributed by atoms with Crippen LogP contribution in [0.1, 0.15) is 5.69 Å². The van der Waals surface area contributed by atoms with Crippen molar-refractivity contribution in [1.82, 2.24) is 14.5 Å². The van der Waals surface area contributed by atoms with Crippen LogP contribution in [-0.2, 0) is 17.8 Å². The Balaban J connectivity index is 1.90. The van der Waals surface area contributed by atoms with Gasteiger partial charge in [0.2, 0.25) is 0 Å². The first kappa shape index (κ1) is 10.6. The molecule has 5 nitrogen and oxygen atoms in total. The summed E-state index contributed by atoms with van der Waals surface area (Å²) in [6.45, 7) is 4.18. The average Bonchev–Trinajstić information content (AvgIpc) is 2.65. The first-order valence-electron chi connectivity index (χ1n) is 5.29. The Hall–Kier alpha value is -0.910. The lowest BCUT2D eigenvalue weighted by molar-refractivity contribution is -0.0274. The van der Waals surface area contributed by atoms with Crippen LogP contribution in [0, 0.1) is 0 Å². The minimum absolute atomic E-state index is 0.267. The smallest absolute Gasteiger partial charge is 0.0950 e. The van der Waals surface area contributed by atoms with Crippen molar-refractivity contribution in [2.75, 3.05) is 26.7 Å². The van der Waals surface area contributed by atoms with Gasteiger partial charge in [-0.25, -0.2) is 4.98 Å². The summed E-state index contributed by atoms with van der Waals surface area (Å²) in [5.41, 5.74) is 6.43. The molecule has 2 rings (SSSR count). The van der Waals surface area contributed by atoms with E-state index in [4.69, 9.17) is 10.5 Å². The van der Waals surface area contributed by atoms with E-state index in [1.54, 1.807) is 0 Å². The Bertz CT molecular complexity index is 312. The quantitative estimate of drug-likeness (QED) is 0.742. The minimum atomic E-state index is 0.267. The van der Waals surface area contributed by atoms with E-state index in [2.05, 4.69) is 16.9 Å². The molecule has 1 aromatic heterocycles. The Morgan fingerprint density at radius 2 is 2.53 bits per heavy atom. The number of likely N-dealkylation sites (N-methyl/N-ethyl adjacent to an activating group) is 1. The second-order valence-corrected chi connectivity index (χ2v) is 4.02. The number of rotatable bonds is 3. The van der Waals surface area contributed by atoms with Crippen LogP contribution in [-0.4, -0.2) is 47.3 Å². The topological polar surface area (TPSA) is 56.3 Å². The van der Waals surface area contributed by atoms with Gasteiger partial charge >= 0.3 is 0 Å². The molecule has 15 heavy (non-hydrogen) atoms. The molecule has 0 radical (unpaired) electrons. The van der Waals surface area contributed by atoms with Crippen molar-refractivity contribution in [3.05, 3.63) is 18.2 Å². The standard InChI is InChI=1S/C10H18N4O/c1-13-2-3-15-10(6-13)7-14-5-9(4-11)12-8-14/h5,8,10H,2-4,6-7,11H2,1H3. The molecule has 1 saturated heterocycles. The minimum Gasteiger partial charge on any atom is -0.374 e. The summed E-state index contributed by atoms with van der Waals surface area (Å²) < 4.78 is 7.72. The fourth-order valence-corrected chi connectivity index (χ4v) is 1.82. The molecular weight excluding hydrogens is 192 g/mol. The number of hydrogen-bond donors (Lipinski definition) is 1. The van der Waals surface area contributed by atoms with Crippen LogP contribution in [0.5, 0.6) is 0 Å². The van der Waals surface area contributed by atoms with Crippen molar-refractivity contribution in [3.63, 3.8) is 0 Å². The van der Waals surface area contributed by atoms with Crippen molar-refractivity contribution in [1.29, 1.82) is 0 Å². The van der Waals surface area contributed by atoms with Crippen molar-refractivity contribution in [2.45, 2.75) is 19.2 Å². The number of ether oxygens (including phenoxy) is 1. The van der Waals surface area contributed by atoms with E-state index in [1.165, 1.54) is 0 Å². The fraction of sp³-hybridized carbons (Fsp3) is 0.700. The van der Waals surface area contributed by atoms with E-state index in [9.17, 15) is 0 Å². The number of aromatic nitrogens is 2. The van der Waals surface area contributed by atoms with Gasteiger partial charge in [0.1, 0.15) is 0 Å². The van der Waals surface area contributed by atoms with E-state index in [0.29, 0.717) is 6.54 Å². The molecule has 1 aliphatic rings. The molecule has 1 aliphatic heterocycles. The SMILES string of the molecule is CN1CCOC(Cn2cnc(CN)c2)C1. The molecule has 0 aromatic carbocycles. The molecule has 1 aromatic rings. The summed E-state index contributed by atoms with van der Waals surface area (Å²) in [5, 5.41) is 0. The first-order chi connectivity index (χ1) is 7.28. The Labute approximate surface area is 89.8 Å². The van der Waals surface area contributed by atoms with Gasteiger partial charge in [-0.05, 0) is 7.05 Å². The van der Waals surface area contributed by atoms with Crippen molar-refractivity contribution in [2.24, 2.45) is 5.73 Å². The van der Waals surface area contributed by atoms with Gasteiger partial charge in [-0.2, -0.15) is 0 Å². The zero-order valence-corrected chi connectivity index (χ0v) is 9.09. The monoisotopic (exact) mass is 210 g/mol. The van der Waals surface area contributed by atoms with Gasteiger partial charge in [0.25, 0.3) is 0 Å². The maximum atomic E-state index is 5.67. The van der Waals surface area contributed by atoms with Gasteiger partial charge in [-0.3, -0.25) is 0 Å². The summed E-state index contributed by atoms with van der Waals surface area (Å²) in [6.07, 6.45) is 4.07. The van der Waals surface area contributed by atoms with Crippen LogP contribution in [0.2, 0.25) is 0 Å². The molecule has 1 fully saturated rings. The van der Waals surface area contributed by atoms with Gasteiger partial charge in [-0.1, -0.05) is 0 Å². The lowest BCUT2D eigenvalue weighted by atomic mass is 10.3. The number of morpholine rings is 1. The number of hydrogen-bond acceptors (Lipinski definition) is 4. The van der Waals surface area contributed by atoms with Crippen LogP contribution >= 0.6 is 0 Å². The third-order valence-electron chi connectivity index (χ3n) is 2.65. The highest BCUT2D eigenvalue weighted by Crippen LogP contribution is 2.06. The van der Waals surface area contributed by atoms with Crippen LogP contribution < -0.4 is 5.73 Å². The Kier molecular flexibility index (Phi) is 3.35. The molecule has 0 aliphatic carbocycles. The van der Waals surface area contributed by atoms with Crippen molar-refractivity contribution in [3.8, 4) is 0 Å². The predicted octanol–water partition coefficient (Wildman–Crippen LogP) is -0.328. The van der Waals surface area contributed by atoms with Crippen LogP contribution in [0.25, 0.3) is 0 Å². The van der Waals surface area contributed by atoms with E-state index in [0.717, 1.165) is 31.9 Å². The number of imidazole rings is 1. The molecule has 2 heterocycles.